The Morgan fingerprint density at radius 2 is 2.11 bits per heavy atom. The Kier molecular flexibility index (Phi) is 4.00. The first kappa shape index (κ1) is 9.65. The maximum absolute atomic E-state index is 2.25. The largest absolute Gasteiger partial charge is 3.00 e. The summed E-state index contributed by atoms with van der Waals surface area (Å²) >= 11 is 0. The van der Waals surface area contributed by atoms with Crippen LogP contribution in [0.1, 0.15) is 19.0 Å². The van der Waals surface area contributed by atoms with Crippen LogP contribution in [0.3, 0.4) is 0 Å². The third kappa shape index (κ3) is 2.39. The minimum absolute atomic E-state index is 0. The molecule has 0 saturated heterocycles. The van der Waals surface area contributed by atoms with E-state index in [9.17, 15) is 0 Å². The van der Waals surface area contributed by atoms with E-state index in [0.29, 0.717) is 0 Å². The zero-order chi connectivity index (χ0) is 6.15. The molecule has 0 spiro atoms. The monoisotopic (exact) mass is 172 g/mol. The minimum Gasteiger partial charge on any atom is -1.00 e. The van der Waals surface area contributed by atoms with Crippen LogP contribution in [0.4, 0.5) is 0 Å². The van der Waals surface area contributed by atoms with E-state index < -0.39 is 0 Å². The van der Waals surface area contributed by atoms with E-state index in [0.717, 1.165) is 0 Å². The normalized spacial score (nSPS) is 9.67. The van der Waals surface area contributed by atoms with Gasteiger partial charge in [0.15, 0.2) is 0 Å². The van der Waals surface area contributed by atoms with Crippen LogP contribution in [0.2, 0.25) is 0 Å². The van der Waals surface area contributed by atoms with Gasteiger partial charge in [0, 0.05) is 0 Å². The molecule has 1 aromatic rings. The summed E-state index contributed by atoms with van der Waals surface area (Å²) in [4.78, 5) is 0. The Bertz CT molecular complexity index is 179. The van der Waals surface area contributed by atoms with Crippen LogP contribution in [0.5, 0.6) is 0 Å². The van der Waals surface area contributed by atoms with Crippen molar-refractivity contribution in [2.45, 2.75) is 20.8 Å². The third-order valence-electron chi connectivity index (χ3n) is 1.34. The smallest absolute Gasteiger partial charge is 1.00 e. The van der Waals surface area contributed by atoms with Crippen LogP contribution in [0.25, 0.3) is 0 Å². The zero-order valence-corrected chi connectivity index (χ0v) is 8.80. The summed E-state index contributed by atoms with van der Waals surface area (Å²) in [6.07, 6.45) is 0. The fourth-order valence-electron chi connectivity index (χ4n) is 0.803. The zero-order valence-electron chi connectivity index (χ0n) is 8.10. The maximum atomic E-state index is 2.25. The summed E-state index contributed by atoms with van der Waals surface area (Å²) in [5.74, 6) is 0. The minimum atomic E-state index is 0. The molecule has 0 aromatic carbocycles. The van der Waals surface area contributed by atoms with Crippen LogP contribution in [-0.4, -0.2) is 0 Å². The second-order valence-corrected chi connectivity index (χ2v) is 3.77. The Hall–Kier alpha value is 0.650. The molecule has 0 aliphatic carbocycles. The number of rotatable bonds is 0. The second kappa shape index (κ2) is 3.73. The van der Waals surface area contributed by atoms with Crippen LogP contribution in [0, 0.1) is 20.8 Å². The molecule has 0 fully saturated rings. The molecule has 0 N–H and O–H groups in total. The van der Waals surface area contributed by atoms with Crippen LogP contribution in [-0.2, 0) is 25.8 Å². The first-order valence-electron chi connectivity index (χ1n) is 2.77. The summed E-state index contributed by atoms with van der Waals surface area (Å²) < 4.78 is 0. The van der Waals surface area contributed by atoms with Gasteiger partial charge in [0.2, 0.25) is 0 Å². The Morgan fingerprint density at radius 3 is 2.22 bits per heavy atom. The molecule has 2 heteroatoms. The van der Waals surface area contributed by atoms with Crippen molar-refractivity contribution in [3.63, 3.8) is 0 Å². The molecule has 48 valence electrons. The average Bonchev–Trinajstić information content (AvgIpc) is 1.85. The molecule has 0 saturated carbocycles. The van der Waals surface area contributed by atoms with E-state index in [1.54, 1.807) is 0 Å². The first-order chi connectivity index (χ1) is 3.70. The molecule has 0 aliphatic rings. The summed E-state index contributed by atoms with van der Waals surface area (Å²) in [6.45, 7) is 6.52. The number of hydrogen-bond donors (Lipinski definition) is 0. The number of hydrogen-bond acceptors (Lipinski definition) is 0. The van der Waals surface area contributed by atoms with Gasteiger partial charge in [-0.25, -0.2) is 14.3 Å². The topological polar surface area (TPSA) is 0 Å². The molecular formula is C7H12PSc. The summed E-state index contributed by atoms with van der Waals surface area (Å²) in [7, 11) is 1.42. The molecule has 0 aliphatic heterocycles. The Morgan fingerprint density at radius 1 is 1.56 bits per heavy atom. The standard InChI is InChI=1S/C7H10P.Sc.2H/c1-5-4-6(2)8-7(5)3;;;/h4H,1-3H3;;;/q-1;+3;2*-1. The van der Waals surface area contributed by atoms with Gasteiger partial charge in [0.05, 0.1) is 0 Å². The van der Waals surface area contributed by atoms with Crippen molar-refractivity contribution in [3.8, 4) is 0 Å². The third-order valence-corrected chi connectivity index (χ3v) is 2.51. The van der Waals surface area contributed by atoms with Crippen LogP contribution in [0.15, 0.2) is 6.07 Å². The van der Waals surface area contributed by atoms with E-state index in [2.05, 4.69) is 26.8 Å². The van der Waals surface area contributed by atoms with Gasteiger partial charge in [0.1, 0.15) is 0 Å². The maximum Gasteiger partial charge on any atom is 3.00 e. The van der Waals surface area contributed by atoms with E-state index in [4.69, 9.17) is 0 Å². The van der Waals surface area contributed by atoms with Crippen molar-refractivity contribution >= 4 is 8.19 Å². The Labute approximate surface area is 79.9 Å². The van der Waals surface area contributed by atoms with Gasteiger partial charge in [0.25, 0.3) is 0 Å². The molecule has 0 nitrogen and oxygen atoms in total. The van der Waals surface area contributed by atoms with Gasteiger partial charge in [-0.3, -0.25) is 0 Å². The fourth-order valence-corrected chi connectivity index (χ4v) is 1.83. The van der Waals surface area contributed by atoms with Gasteiger partial charge in [-0.15, -0.1) is 5.30 Å². The molecule has 9 heavy (non-hydrogen) atoms. The summed E-state index contributed by atoms with van der Waals surface area (Å²) in [6, 6.07) is 2.25. The molecule has 1 heterocycles. The van der Waals surface area contributed by atoms with Gasteiger partial charge in [-0.05, 0) is 0 Å². The molecule has 1 rings (SSSR count). The predicted octanol–water partition coefficient (Wildman–Crippen LogP) is 3.13. The second-order valence-electron chi connectivity index (χ2n) is 2.17. The Balaban J connectivity index is -0.000000213. The van der Waals surface area contributed by atoms with E-state index >= 15 is 0 Å². The molecule has 1 aromatic heterocycles. The summed E-state index contributed by atoms with van der Waals surface area (Å²) in [5, 5.41) is 2.97. The van der Waals surface area contributed by atoms with Crippen molar-refractivity contribution in [3.05, 3.63) is 22.2 Å². The van der Waals surface area contributed by atoms with Crippen molar-refractivity contribution in [1.82, 2.24) is 0 Å². The first-order valence-corrected chi connectivity index (χ1v) is 3.67. The molecule has 0 radical (unpaired) electrons. The van der Waals surface area contributed by atoms with Crippen LogP contribution >= 0.6 is 8.19 Å². The number of aryl methyl sites for hydroxylation is 3. The van der Waals surface area contributed by atoms with Crippen LogP contribution < -0.4 is 0 Å². The van der Waals surface area contributed by atoms with Crippen molar-refractivity contribution in [1.29, 1.82) is 0 Å². The van der Waals surface area contributed by atoms with E-state index in [1.165, 1.54) is 24.3 Å². The predicted molar refractivity (Wildman–Crippen MR) is 41.0 cm³/mol. The quantitative estimate of drug-likeness (QED) is 0.527. The van der Waals surface area contributed by atoms with E-state index in [-0.39, 0.29) is 28.7 Å². The van der Waals surface area contributed by atoms with Crippen molar-refractivity contribution < 1.29 is 28.7 Å². The summed E-state index contributed by atoms with van der Waals surface area (Å²) in [5.41, 5.74) is 1.45. The molecular weight excluding hydrogens is 160 g/mol. The van der Waals surface area contributed by atoms with Gasteiger partial charge in [-0.1, -0.05) is 20.8 Å². The molecule has 0 unspecified atom stereocenters. The fraction of sp³-hybridized carbons (Fsp3) is 0.429. The van der Waals surface area contributed by atoms with E-state index in [1.807, 2.05) is 0 Å². The SMILES string of the molecule is Cc1cc(C)[c-](C)p1.[H-].[H-].[Sc+3]. The van der Waals surface area contributed by atoms with Crippen molar-refractivity contribution in [2.75, 3.05) is 0 Å². The van der Waals surface area contributed by atoms with Gasteiger partial charge >= 0.3 is 25.8 Å². The van der Waals surface area contributed by atoms with Crippen molar-refractivity contribution in [2.24, 2.45) is 0 Å². The molecule has 0 amide bonds. The molecule has 0 atom stereocenters. The van der Waals surface area contributed by atoms with Gasteiger partial charge < -0.3 is 2.85 Å². The average molecular weight is 172 g/mol. The van der Waals surface area contributed by atoms with Gasteiger partial charge in [-0.2, -0.15) is 10.9 Å². The molecule has 0 bridgehead atoms.